The van der Waals surface area contributed by atoms with Crippen LogP contribution in [0.25, 0.3) is 0 Å². The predicted octanol–water partition coefficient (Wildman–Crippen LogP) is 4.12. The van der Waals surface area contributed by atoms with Gasteiger partial charge in [0.25, 0.3) is 0 Å². The first-order valence-electron chi connectivity index (χ1n) is 9.62. The molecule has 2 fully saturated rings. The monoisotopic (exact) mass is 462 g/mol. The number of hydrogen-bond donors (Lipinski definition) is 1. The van der Waals surface area contributed by atoms with Crippen LogP contribution in [0.3, 0.4) is 0 Å². The van der Waals surface area contributed by atoms with Gasteiger partial charge in [0.2, 0.25) is 10.0 Å². The maximum atomic E-state index is 13.8. The Morgan fingerprint density at radius 3 is 2.23 bits per heavy atom. The van der Waals surface area contributed by atoms with Crippen molar-refractivity contribution in [1.82, 2.24) is 9.62 Å². The molecule has 0 aromatic heterocycles. The minimum absolute atomic E-state index is 0.226. The van der Waals surface area contributed by atoms with E-state index in [1.54, 1.807) is 0 Å². The van der Waals surface area contributed by atoms with E-state index in [0.29, 0.717) is 18.5 Å². The van der Waals surface area contributed by atoms with Crippen LogP contribution in [0.5, 0.6) is 5.75 Å². The lowest BCUT2D eigenvalue weighted by Crippen LogP contribution is -2.40. The molecule has 2 aromatic carbocycles. The number of ether oxygens (including phenoxy) is 1. The molecule has 1 saturated carbocycles. The molecule has 5 nitrogen and oxygen atoms in total. The van der Waals surface area contributed by atoms with E-state index >= 15 is 0 Å². The third-order valence-electron chi connectivity index (χ3n) is 5.41. The van der Waals surface area contributed by atoms with Gasteiger partial charge in [0.05, 0.1) is 10.9 Å². The zero-order valence-electron chi connectivity index (χ0n) is 16.1. The van der Waals surface area contributed by atoms with Gasteiger partial charge in [-0.25, -0.2) is 21.9 Å². The minimum atomic E-state index is -4.88. The van der Waals surface area contributed by atoms with E-state index in [2.05, 4.69) is 14.4 Å². The van der Waals surface area contributed by atoms with E-state index < -0.39 is 45.9 Å². The second-order valence-electron chi connectivity index (χ2n) is 7.62. The Hall–Kier alpha value is -2.24. The second-order valence-corrected chi connectivity index (χ2v) is 9.34. The Bertz CT molecular complexity index is 1060. The summed E-state index contributed by atoms with van der Waals surface area (Å²) in [5.41, 5.74) is 0.463. The summed E-state index contributed by atoms with van der Waals surface area (Å²) in [6, 6.07) is 6.56. The summed E-state index contributed by atoms with van der Waals surface area (Å²) < 4.78 is 96.2. The van der Waals surface area contributed by atoms with E-state index in [0.717, 1.165) is 49.2 Å². The Balaban J connectivity index is 1.56. The van der Waals surface area contributed by atoms with Crippen LogP contribution in [0.1, 0.15) is 30.9 Å². The van der Waals surface area contributed by atoms with Crippen LogP contribution in [-0.4, -0.2) is 38.3 Å². The Kier molecular flexibility index (Phi) is 5.69. The Morgan fingerprint density at radius 2 is 1.65 bits per heavy atom. The lowest BCUT2D eigenvalue weighted by atomic mass is 10.0. The molecule has 168 valence electrons. The number of nitrogens with zero attached hydrogens (tertiary/aromatic N) is 1. The molecule has 1 aliphatic carbocycles. The number of benzene rings is 2. The molecule has 1 heterocycles. The van der Waals surface area contributed by atoms with E-state index in [4.69, 9.17) is 0 Å². The quantitative estimate of drug-likeness (QED) is 0.657. The zero-order valence-corrected chi connectivity index (χ0v) is 16.9. The normalized spacial score (nSPS) is 22.6. The Labute approximate surface area is 175 Å². The first kappa shape index (κ1) is 22.0. The highest BCUT2D eigenvalue weighted by Gasteiger charge is 2.44. The average molecular weight is 462 g/mol. The van der Waals surface area contributed by atoms with Gasteiger partial charge in [-0.2, -0.15) is 0 Å². The van der Waals surface area contributed by atoms with Gasteiger partial charge < -0.3 is 4.74 Å². The van der Waals surface area contributed by atoms with Gasteiger partial charge in [-0.15, -0.1) is 13.2 Å². The van der Waals surface area contributed by atoms with E-state index in [-0.39, 0.29) is 10.9 Å². The van der Waals surface area contributed by atoms with Crippen LogP contribution in [0, 0.1) is 11.6 Å². The van der Waals surface area contributed by atoms with Crippen LogP contribution in [0.15, 0.2) is 47.4 Å². The molecule has 2 atom stereocenters. The maximum absolute atomic E-state index is 13.8. The third-order valence-corrected chi connectivity index (χ3v) is 6.92. The zero-order chi connectivity index (χ0) is 22.4. The lowest BCUT2D eigenvalue weighted by Gasteiger charge is -2.29. The minimum Gasteiger partial charge on any atom is -0.406 e. The number of rotatable bonds is 6. The summed E-state index contributed by atoms with van der Waals surface area (Å²) in [5.74, 6) is -2.54. The molecule has 0 bridgehead atoms. The van der Waals surface area contributed by atoms with E-state index in [1.807, 2.05) is 0 Å². The van der Waals surface area contributed by atoms with E-state index in [1.165, 1.54) is 6.07 Å². The molecule has 11 heteroatoms. The predicted molar refractivity (Wildman–Crippen MR) is 101 cm³/mol. The van der Waals surface area contributed by atoms with Crippen LogP contribution in [-0.2, 0) is 10.0 Å². The fourth-order valence-corrected chi connectivity index (χ4v) is 5.24. The van der Waals surface area contributed by atoms with Crippen molar-refractivity contribution < 1.29 is 35.1 Å². The van der Waals surface area contributed by atoms with Crippen molar-refractivity contribution in [3.05, 3.63) is 59.7 Å². The van der Waals surface area contributed by atoms with Crippen molar-refractivity contribution in [1.29, 1.82) is 0 Å². The standard InChI is InChI=1S/C20H19F5N2O3S/c21-16-8-1-12(11-17(16)22)19-18(9-10-27(19)13-2-3-13)26-31(28,29)15-6-4-14(5-7-15)30-20(23,24)25/h1,4-8,11,13,18-19,26H,2-3,9-10H2/t18-,19-/m0/s1. The lowest BCUT2D eigenvalue weighted by molar-refractivity contribution is -0.274. The number of alkyl halides is 3. The van der Waals surface area contributed by atoms with Crippen molar-refractivity contribution >= 4 is 10.0 Å². The van der Waals surface area contributed by atoms with E-state index in [9.17, 15) is 30.4 Å². The van der Waals surface area contributed by atoms with Crippen LogP contribution >= 0.6 is 0 Å². The van der Waals surface area contributed by atoms with Crippen molar-refractivity contribution in [2.45, 2.75) is 48.6 Å². The SMILES string of the molecule is O=S(=O)(N[C@H]1CCN(C2CC2)[C@H]1c1ccc(F)c(F)c1)c1ccc(OC(F)(F)F)cc1. The number of likely N-dealkylation sites (tertiary alicyclic amines) is 1. The molecule has 0 radical (unpaired) electrons. The molecule has 0 amide bonds. The van der Waals surface area contributed by atoms with Gasteiger partial charge in [-0.05, 0) is 61.2 Å². The first-order chi connectivity index (χ1) is 14.5. The first-order valence-corrected chi connectivity index (χ1v) is 11.1. The van der Waals surface area contributed by atoms with Gasteiger partial charge in [-0.3, -0.25) is 4.90 Å². The molecule has 1 N–H and O–H groups in total. The van der Waals surface area contributed by atoms with Crippen LogP contribution < -0.4 is 9.46 Å². The summed E-state index contributed by atoms with van der Waals surface area (Å²) in [6.45, 7) is 0.583. The topological polar surface area (TPSA) is 58.6 Å². The highest BCUT2D eigenvalue weighted by molar-refractivity contribution is 7.89. The third kappa shape index (κ3) is 4.99. The molecule has 31 heavy (non-hydrogen) atoms. The summed E-state index contributed by atoms with van der Waals surface area (Å²) in [5, 5.41) is 0. The molecule has 1 aliphatic heterocycles. The smallest absolute Gasteiger partial charge is 0.406 e. The van der Waals surface area contributed by atoms with Gasteiger partial charge >= 0.3 is 6.36 Å². The number of nitrogens with one attached hydrogen (secondary N) is 1. The highest BCUT2D eigenvalue weighted by Crippen LogP contribution is 2.41. The van der Waals surface area contributed by atoms with Gasteiger partial charge in [0, 0.05) is 18.6 Å². The second kappa shape index (κ2) is 8.03. The number of sulfonamides is 1. The van der Waals surface area contributed by atoms with Crippen molar-refractivity contribution in [3.8, 4) is 5.75 Å². The number of halogens is 5. The highest BCUT2D eigenvalue weighted by atomic mass is 32.2. The fraction of sp³-hybridized carbons (Fsp3) is 0.400. The molecule has 4 rings (SSSR count). The fourth-order valence-electron chi connectivity index (χ4n) is 3.96. The summed E-state index contributed by atoms with van der Waals surface area (Å²) >= 11 is 0. The van der Waals surface area contributed by atoms with Crippen LogP contribution in [0.4, 0.5) is 22.0 Å². The molecule has 0 spiro atoms. The van der Waals surface area contributed by atoms with Gasteiger partial charge in [0.1, 0.15) is 5.75 Å². The average Bonchev–Trinajstić information content (AvgIpc) is 3.44. The summed E-state index contributed by atoms with van der Waals surface area (Å²) in [7, 11) is -4.07. The molecular weight excluding hydrogens is 443 g/mol. The van der Waals surface area contributed by atoms with Crippen LogP contribution in [0.2, 0.25) is 0 Å². The molecule has 2 aliphatic rings. The van der Waals surface area contributed by atoms with Crippen molar-refractivity contribution in [2.75, 3.05) is 6.54 Å². The maximum Gasteiger partial charge on any atom is 0.573 e. The van der Waals surface area contributed by atoms with Gasteiger partial charge in [0.15, 0.2) is 11.6 Å². The van der Waals surface area contributed by atoms with Crippen molar-refractivity contribution in [3.63, 3.8) is 0 Å². The van der Waals surface area contributed by atoms with Gasteiger partial charge in [-0.1, -0.05) is 6.07 Å². The molecule has 2 aromatic rings. The summed E-state index contributed by atoms with van der Waals surface area (Å²) in [4.78, 5) is 1.86. The molecule has 1 saturated heterocycles. The van der Waals surface area contributed by atoms with Crippen molar-refractivity contribution in [2.24, 2.45) is 0 Å². The Morgan fingerprint density at radius 1 is 0.968 bits per heavy atom. The number of hydrogen-bond acceptors (Lipinski definition) is 4. The molecular formula is C20H19F5N2O3S. The molecule has 0 unspecified atom stereocenters. The summed E-state index contributed by atoms with van der Waals surface area (Å²) in [6.07, 6.45) is -2.54. The largest absolute Gasteiger partial charge is 0.573 e.